The van der Waals surface area contributed by atoms with Crippen LogP contribution < -0.4 is 16.2 Å². The van der Waals surface area contributed by atoms with Crippen LogP contribution in [-0.4, -0.2) is 17.7 Å². The number of halogens is 2. The van der Waals surface area contributed by atoms with E-state index in [1.165, 1.54) is 35.6 Å². The van der Waals surface area contributed by atoms with Gasteiger partial charge in [-0.3, -0.25) is 25.2 Å². The molecule has 3 aromatic rings. The van der Waals surface area contributed by atoms with Crippen molar-refractivity contribution in [2.45, 2.75) is 0 Å². The fourth-order valence-corrected chi connectivity index (χ4v) is 3.22. The Hall–Kier alpha value is -2.87. The first-order chi connectivity index (χ1) is 13.4. The van der Waals surface area contributed by atoms with Gasteiger partial charge in [-0.1, -0.05) is 35.3 Å². The van der Waals surface area contributed by atoms with Crippen molar-refractivity contribution in [2.75, 3.05) is 5.32 Å². The van der Waals surface area contributed by atoms with Crippen LogP contribution in [-0.2, 0) is 0 Å². The molecule has 0 saturated carbocycles. The average Bonchev–Trinajstić information content (AvgIpc) is 3.22. The summed E-state index contributed by atoms with van der Waals surface area (Å²) >= 11 is 13.2. The second-order valence-corrected chi connectivity index (χ2v) is 7.34. The number of thiophene rings is 1. The molecule has 3 N–H and O–H groups in total. The monoisotopic (exact) mass is 433 g/mol. The van der Waals surface area contributed by atoms with E-state index >= 15 is 0 Å². The Balaban J connectivity index is 1.67. The minimum absolute atomic E-state index is 0.206. The smallest absolute Gasteiger partial charge is 0.269 e. The number of carbonyl (C=O) groups excluding carboxylic acids is 3. The lowest BCUT2D eigenvalue weighted by atomic mass is 10.2. The summed E-state index contributed by atoms with van der Waals surface area (Å²) in [5.41, 5.74) is 5.41. The summed E-state index contributed by atoms with van der Waals surface area (Å²) in [6, 6.07) is 14.1. The third kappa shape index (κ3) is 4.89. The number of hydrogen-bond acceptors (Lipinski definition) is 4. The molecule has 0 aliphatic rings. The summed E-state index contributed by atoms with van der Waals surface area (Å²) < 4.78 is 0. The number of benzene rings is 2. The van der Waals surface area contributed by atoms with Crippen LogP contribution in [0.5, 0.6) is 0 Å². The molecule has 1 aromatic heterocycles. The highest BCUT2D eigenvalue weighted by atomic mass is 35.5. The third-order valence-electron chi connectivity index (χ3n) is 3.60. The quantitative estimate of drug-likeness (QED) is 0.533. The zero-order valence-corrected chi connectivity index (χ0v) is 16.5. The van der Waals surface area contributed by atoms with Gasteiger partial charge in [0.2, 0.25) is 0 Å². The van der Waals surface area contributed by atoms with E-state index in [1.807, 2.05) is 0 Å². The number of amides is 3. The van der Waals surface area contributed by atoms with Crippen LogP contribution in [0, 0.1) is 0 Å². The second-order valence-electron chi connectivity index (χ2n) is 5.54. The summed E-state index contributed by atoms with van der Waals surface area (Å²) in [6.07, 6.45) is 0. The maximum Gasteiger partial charge on any atom is 0.269 e. The first kappa shape index (κ1) is 19.9. The molecule has 0 aliphatic carbocycles. The second kappa shape index (κ2) is 8.88. The van der Waals surface area contributed by atoms with E-state index in [-0.39, 0.29) is 22.2 Å². The zero-order valence-electron chi connectivity index (χ0n) is 14.2. The normalized spacial score (nSPS) is 10.2. The number of rotatable bonds is 4. The molecule has 6 nitrogen and oxygen atoms in total. The molecule has 142 valence electrons. The van der Waals surface area contributed by atoms with Crippen LogP contribution in [0.15, 0.2) is 60.0 Å². The first-order valence-corrected chi connectivity index (χ1v) is 9.58. The van der Waals surface area contributed by atoms with Gasteiger partial charge in [-0.15, -0.1) is 11.3 Å². The van der Waals surface area contributed by atoms with E-state index in [1.54, 1.807) is 35.7 Å². The van der Waals surface area contributed by atoms with E-state index < -0.39 is 11.8 Å². The van der Waals surface area contributed by atoms with Gasteiger partial charge >= 0.3 is 0 Å². The highest BCUT2D eigenvalue weighted by Gasteiger charge is 2.14. The molecule has 0 spiro atoms. The molecule has 3 rings (SSSR count). The summed E-state index contributed by atoms with van der Waals surface area (Å²) in [4.78, 5) is 37.1. The minimum Gasteiger partial charge on any atom is -0.320 e. The molecule has 0 unspecified atom stereocenters. The molecule has 9 heteroatoms. The summed E-state index contributed by atoms with van der Waals surface area (Å²) in [5.74, 6) is -1.42. The Morgan fingerprint density at radius 1 is 0.786 bits per heavy atom. The maximum atomic E-state index is 12.3. The Morgan fingerprint density at radius 3 is 2.14 bits per heavy atom. The van der Waals surface area contributed by atoms with Crippen molar-refractivity contribution >= 4 is 57.9 Å². The maximum absolute atomic E-state index is 12.3. The Labute approximate surface area is 174 Å². The highest BCUT2D eigenvalue weighted by molar-refractivity contribution is 7.12. The first-order valence-electron chi connectivity index (χ1n) is 7.94. The van der Waals surface area contributed by atoms with Gasteiger partial charge in [-0.05, 0) is 47.8 Å². The molecule has 28 heavy (non-hydrogen) atoms. The van der Waals surface area contributed by atoms with Gasteiger partial charge in [0.25, 0.3) is 17.7 Å². The van der Waals surface area contributed by atoms with Crippen molar-refractivity contribution < 1.29 is 14.4 Å². The Kier molecular flexibility index (Phi) is 6.30. The molecule has 2 aromatic carbocycles. The number of hydrogen-bond donors (Lipinski definition) is 3. The van der Waals surface area contributed by atoms with Crippen LogP contribution in [0.4, 0.5) is 5.69 Å². The molecule has 0 saturated heterocycles. The molecule has 1 heterocycles. The summed E-state index contributed by atoms with van der Waals surface area (Å²) in [5, 5.41) is 5.13. The largest absolute Gasteiger partial charge is 0.320 e. The van der Waals surface area contributed by atoms with Crippen molar-refractivity contribution in [1.82, 2.24) is 10.9 Å². The number of anilines is 1. The minimum atomic E-state index is -0.571. The van der Waals surface area contributed by atoms with Crippen molar-refractivity contribution in [1.29, 1.82) is 0 Å². The summed E-state index contributed by atoms with van der Waals surface area (Å²) in [7, 11) is 0. The lowest BCUT2D eigenvalue weighted by Crippen LogP contribution is -2.41. The number of hydrazine groups is 1. The fourth-order valence-electron chi connectivity index (χ4n) is 2.24. The molecule has 3 amide bonds. The molecule has 0 radical (unpaired) electrons. The third-order valence-corrected chi connectivity index (χ3v) is 5.03. The topological polar surface area (TPSA) is 87.3 Å². The molecule has 0 bridgehead atoms. The van der Waals surface area contributed by atoms with Gasteiger partial charge in [-0.25, -0.2) is 0 Å². The van der Waals surface area contributed by atoms with Crippen LogP contribution in [0.3, 0.4) is 0 Å². The van der Waals surface area contributed by atoms with Gasteiger partial charge in [0.15, 0.2) is 0 Å². The molecule has 0 aliphatic heterocycles. The van der Waals surface area contributed by atoms with Crippen molar-refractivity contribution in [3.05, 3.63) is 86.0 Å². The predicted octanol–water partition coefficient (Wildman–Crippen LogP) is 4.38. The molecular formula is C19H13Cl2N3O3S. The summed E-state index contributed by atoms with van der Waals surface area (Å²) in [6.45, 7) is 0. The lowest BCUT2D eigenvalue weighted by molar-refractivity contribution is 0.0846. The van der Waals surface area contributed by atoms with Gasteiger partial charge in [0.1, 0.15) is 0 Å². The lowest BCUT2D eigenvalue weighted by Gasteiger charge is -2.10. The van der Waals surface area contributed by atoms with E-state index in [9.17, 15) is 14.4 Å². The van der Waals surface area contributed by atoms with Gasteiger partial charge in [0.05, 0.1) is 15.6 Å². The van der Waals surface area contributed by atoms with E-state index in [0.717, 1.165) is 0 Å². The van der Waals surface area contributed by atoms with Crippen LogP contribution in [0.25, 0.3) is 0 Å². The van der Waals surface area contributed by atoms with Crippen LogP contribution in [0.1, 0.15) is 30.4 Å². The van der Waals surface area contributed by atoms with Crippen molar-refractivity contribution in [3.8, 4) is 0 Å². The molecular weight excluding hydrogens is 421 g/mol. The standard InChI is InChI=1S/C19H13Cl2N3O3S/c20-13-4-1-3-11(9-13)17(25)23-24-18(26)12-6-7-14(21)15(10-12)22-19(27)16-5-2-8-28-16/h1-10H,(H,22,27)(H,23,25)(H,24,26). The zero-order chi connectivity index (χ0) is 20.1. The van der Waals surface area contributed by atoms with Crippen LogP contribution >= 0.6 is 34.5 Å². The van der Waals surface area contributed by atoms with Gasteiger partial charge in [0, 0.05) is 16.1 Å². The Bertz CT molecular complexity index is 1040. The molecule has 0 atom stereocenters. The fraction of sp³-hybridized carbons (Fsp3) is 0. The molecule has 0 fully saturated rings. The van der Waals surface area contributed by atoms with Crippen molar-refractivity contribution in [2.24, 2.45) is 0 Å². The highest BCUT2D eigenvalue weighted by Crippen LogP contribution is 2.24. The predicted molar refractivity (Wildman–Crippen MR) is 110 cm³/mol. The average molecular weight is 434 g/mol. The van der Waals surface area contributed by atoms with E-state index in [2.05, 4.69) is 16.2 Å². The van der Waals surface area contributed by atoms with Gasteiger partial charge < -0.3 is 5.32 Å². The van der Waals surface area contributed by atoms with E-state index in [4.69, 9.17) is 23.2 Å². The van der Waals surface area contributed by atoms with E-state index in [0.29, 0.717) is 15.5 Å². The Morgan fingerprint density at radius 2 is 1.50 bits per heavy atom. The SMILES string of the molecule is O=C(NNC(=O)c1ccc(Cl)c(NC(=O)c2cccs2)c1)c1cccc(Cl)c1. The van der Waals surface area contributed by atoms with Crippen molar-refractivity contribution in [3.63, 3.8) is 0 Å². The number of carbonyl (C=O) groups is 3. The van der Waals surface area contributed by atoms with Gasteiger partial charge in [-0.2, -0.15) is 0 Å². The van der Waals surface area contributed by atoms with Crippen LogP contribution in [0.2, 0.25) is 10.0 Å². The number of nitrogens with one attached hydrogen (secondary N) is 3.